The van der Waals surface area contributed by atoms with Crippen molar-refractivity contribution in [1.82, 2.24) is 0 Å². The number of aryl methyl sites for hydroxylation is 1. The van der Waals surface area contributed by atoms with E-state index in [2.05, 4.69) is 12.6 Å². The van der Waals surface area contributed by atoms with Gasteiger partial charge in [-0.15, -0.1) is 0 Å². The first-order valence-electron chi connectivity index (χ1n) is 5.87. The summed E-state index contributed by atoms with van der Waals surface area (Å²) in [5, 5.41) is 11.2. The molecule has 2 rings (SSSR count). The second-order valence-corrected chi connectivity index (χ2v) is 4.69. The van der Waals surface area contributed by atoms with E-state index in [0.717, 1.165) is 5.56 Å². The topological polar surface area (TPSA) is 60.4 Å². The Hall–Kier alpha value is -0.490. The van der Waals surface area contributed by atoms with Gasteiger partial charge in [-0.2, -0.15) is 12.6 Å². The van der Waals surface area contributed by atoms with Gasteiger partial charge in [0, 0.05) is 12.1 Å². The number of aliphatic carboxylic acids is 1. The molecule has 1 aliphatic heterocycles. The maximum atomic E-state index is 12.1. The van der Waals surface area contributed by atoms with E-state index in [9.17, 15) is 14.7 Å². The molecule has 0 aromatic heterocycles. The molecule has 0 spiro atoms. The number of para-hydroxylation sites is 1. The van der Waals surface area contributed by atoms with Crippen LogP contribution in [0.5, 0.6) is 0 Å². The number of hydrogen-bond donors (Lipinski definition) is 1. The molecule has 0 bridgehead atoms. The van der Waals surface area contributed by atoms with Crippen LogP contribution >= 0.6 is 12.6 Å². The predicted octanol–water partition coefficient (Wildman–Crippen LogP) is -2.59. The number of carbonyl (C=O) groups excluding carboxylic acids is 2. The molecule has 0 aliphatic carbocycles. The van der Waals surface area contributed by atoms with E-state index in [1.807, 2.05) is 12.1 Å². The second-order valence-electron chi connectivity index (χ2n) is 4.24. The SMILES string of the molecule is O=C([O-])C1CCc2ccccc2N1C(=O)CCS.[Na+]. The molecule has 1 atom stereocenters. The molecule has 0 radical (unpaired) electrons. The quantitative estimate of drug-likeness (QED) is 0.490. The van der Waals surface area contributed by atoms with Crippen molar-refractivity contribution in [2.45, 2.75) is 25.3 Å². The molecule has 1 amide bonds. The molecule has 6 heteroatoms. The molecule has 1 heterocycles. The van der Waals surface area contributed by atoms with Gasteiger partial charge in [-0.25, -0.2) is 0 Å². The molecule has 0 N–H and O–H groups in total. The Morgan fingerprint density at radius 3 is 2.68 bits per heavy atom. The third kappa shape index (κ3) is 3.54. The summed E-state index contributed by atoms with van der Waals surface area (Å²) in [7, 11) is 0. The average molecular weight is 287 g/mol. The van der Waals surface area contributed by atoms with Crippen LogP contribution in [0.15, 0.2) is 24.3 Å². The number of amides is 1. The zero-order valence-corrected chi connectivity index (χ0v) is 13.7. The van der Waals surface area contributed by atoms with Gasteiger partial charge in [0.2, 0.25) is 5.91 Å². The van der Waals surface area contributed by atoms with Gasteiger partial charge < -0.3 is 14.8 Å². The van der Waals surface area contributed by atoms with Crippen molar-refractivity contribution in [3.05, 3.63) is 29.8 Å². The van der Waals surface area contributed by atoms with Gasteiger partial charge in [-0.1, -0.05) is 18.2 Å². The fourth-order valence-corrected chi connectivity index (χ4v) is 2.49. The molecule has 1 aromatic carbocycles. The third-order valence-electron chi connectivity index (χ3n) is 3.12. The number of anilines is 1. The van der Waals surface area contributed by atoms with E-state index in [0.29, 0.717) is 24.3 Å². The standard InChI is InChI=1S/C13H15NO3S.Na/c15-12(7-8-18)14-10-4-2-1-3-9(10)5-6-11(14)13(16)17;/h1-4,11,18H,5-8H2,(H,16,17);/q;+1/p-1. The van der Waals surface area contributed by atoms with Crippen LogP contribution in [0.2, 0.25) is 0 Å². The Labute approximate surface area is 139 Å². The molecule has 19 heavy (non-hydrogen) atoms. The van der Waals surface area contributed by atoms with Gasteiger partial charge in [-0.3, -0.25) is 4.79 Å². The van der Waals surface area contributed by atoms with E-state index >= 15 is 0 Å². The number of carboxylic acids is 1. The summed E-state index contributed by atoms with van der Waals surface area (Å²) in [5.74, 6) is -1.01. The van der Waals surface area contributed by atoms with E-state index < -0.39 is 12.0 Å². The zero-order valence-electron chi connectivity index (χ0n) is 10.8. The van der Waals surface area contributed by atoms with Gasteiger partial charge in [0.05, 0.1) is 12.0 Å². The molecule has 4 nitrogen and oxygen atoms in total. The fraction of sp³-hybridized carbons (Fsp3) is 0.385. The van der Waals surface area contributed by atoms with E-state index in [-0.39, 0.29) is 41.9 Å². The summed E-state index contributed by atoms with van der Waals surface area (Å²) in [5.41, 5.74) is 1.69. The number of thiol groups is 1. The first-order valence-corrected chi connectivity index (χ1v) is 6.50. The Balaban J connectivity index is 0.00000180. The minimum atomic E-state index is -1.20. The molecule has 96 valence electrons. The minimum Gasteiger partial charge on any atom is -0.548 e. The first kappa shape index (κ1) is 16.6. The number of carboxylic acid groups (broad SMARTS) is 1. The molecule has 1 unspecified atom stereocenters. The van der Waals surface area contributed by atoms with E-state index in [4.69, 9.17) is 0 Å². The molecule has 1 aromatic rings. The normalized spacial score (nSPS) is 17.3. The molecule has 0 fully saturated rings. The van der Waals surface area contributed by atoms with Crippen molar-refractivity contribution < 1.29 is 44.3 Å². The number of benzene rings is 1. The van der Waals surface area contributed by atoms with Crippen molar-refractivity contribution in [3.63, 3.8) is 0 Å². The number of rotatable bonds is 3. The van der Waals surface area contributed by atoms with Gasteiger partial charge in [0.25, 0.3) is 0 Å². The second kappa shape index (κ2) is 7.33. The van der Waals surface area contributed by atoms with Crippen LogP contribution in [0, 0.1) is 0 Å². The molecular formula is C13H14NNaO3S. The number of hydrogen-bond acceptors (Lipinski definition) is 4. The summed E-state index contributed by atoms with van der Waals surface area (Å²) in [6.45, 7) is 0. The maximum Gasteiger partial charge on any atom is 1.00 e. The van der Waals surface area contributed by atoms with Crippen LogP contribution < -0.4 is 39.6 Å². The van der Waals surface area contributed by atoms with Gasteiger partial charge in [-0.05, 0) is 30.2 Å². The van der Waals surface area contributed by atoms with Gasteiger partial charge in [0.1, 0.15) is 0 Å². The van der Waals surface area contributed by atoms with Crippen LogP contribution in [0.4, 0.5) is 5.69 Å². The van der Waals surface area contributed by atoms with E-state index in [1.54, 1.807) is 12.1 Å². The van der Waals surface area contributed by atoms with Crippen molar-refractivity contribution in [2.24, 2.45) is 0 Å². The first-order chi connectivity index (χ1) is 8.65. The third-order valence-corrected chi connectivity index (χ3v) is 3.34. The summed E-state index contributed by atoms with van der Waals surface area (Å²) in [6, 6.07) is 6.52. The van der Waals surface area contributed by atoms with Crippen LogP contribution in [0.1, 0.15) is 18.4 Å². The Morgan fingerprint density at radius 1 is 1.37 bits per heavy atom. The minimum absolute atomic E-state index is 0. The average Bonchev–Trinajstić information content (AvgIpc) is 2.37. The number of nitrogens with zero attached hydrogens (tertiary/aromatic N) is 1. The Kier molecular flexibility index (Phi) is 6.39. The predicted molar refractivity (Wildman–Crippen MR) is 69.5 cm³/mol. The van der Waals surface area contributed by atoms with Crippen LogP contribution in [0.25, 0.3) is 0 Å². The molecule has 0 saturated heterocycles. The summed E-state index contributed by atoms with van der Waals surface area (Å²) < 4.78 is 0. The van der Waals surface area contributed by atoms with Crippen molar-refractivity contribution in [1.29, 1.82) is 0 Å². The smallest absolute Gasteiger partial charge is 0.548 e. The number of fused-ring (bicyclic) bond motifs is 1. The van der Waals surface area contributed by atoms with Crippen LogP contribution in [0.3, 0.4) is 0 Å². The van der Waals surface area contributed by atoms with Gasteiger partial charge in [0.15, 0.2) is 0 Å². The Bertz CT molecular complexity index is 481. The summed E-state index contributed by atoms with van der Waals surface area (Å²) in [6.07, 6.45) is 1.28. The number of carbonyl (C=O) groups is 2. The molecular weight excluding hydrogens is 273 g/mol. The van der Waals surface area contributed by atoms with Crippen molar-refractivity contribution in [2.75, 3.05) is 10.7 Å². The Morgan fingerprint density at radius 2 is 2.05 bits per heavy atom. The van der Waals surface area contributed by atoms with E-state index in [1.165, 1.54) is 4.90 Å². The molecule has 1 aliphatic rings. The van der Waals surface area contributed by atoms with Crippen molar-refractivity contribution in [3.8, 4) is 0 Å². The fourth-order valence-electron chi connectivity index (χ4n) is 2.29. The van der Waals surface area contributed by atoms with Crippen LogP contribution in [-0.2, 0) is 16.0 Å². The maximum absolute atomic E-state index is 12.1. The van der Waals surface area contributed by atoms with Crippen LogP contribution in [-0.4, -0.2) is 23.7 Å². The molecule has 0 saturated carbocycles. The summed E-state index contributed by atoms with van der Waals surface area (Å²) >= 11 is 4.02. The largest absolute Gasteiger partial charge is 1.00 e. The monoisotopic (exact) mass is 287 g/mol. The summed E-state index contributed by atoms with van der Waals surface area (Å²) in [4.78, 5) is 24.6. The van der Waals surface area contributed by atoms with Crippen molar-refractivity contribution >= 4 is 30.2 Å². The van der Waals surface area contributed by atoms with Gasteiger partial charge >= 0.3 is 29.6 Å². The zero-order chi connectivity index (χ0) is 13.1.